The van der Waals surface area contributed by atoms with Gasteiger partial charge in [0.1, 0.15) is 0 Å². The van der Waals surface area contributed by atoms with Crippen LogP contribution in [0.2, 0.25) is 0 Å². The maximum Gasteiger partial charge on any atom is 0.0652 e. The van der Waals surface area contributed by atoms with Crippen molar-refractivity contribution in [2.45, 2.75) is 20.8 Å². The molecule has 2 nitrogen and oxygen atoms in total. The smallest absolute Gasteiger partial charge is 0.0652 e. The van der Waals surface area contributed by atoms with E-state index in [1.807, 2.05) is 13.8 Å². The molecular weight excluding hydrogens is 112 g/mol. The number of hydrogen-bond acceptors (Lipinski definition) is 2. The summed E-state index contributed by atoms with van der Waals surface area (Å²) in [6.45, 7) is 8.00. The van der Waals surface area contributed by atoms with Gasteiger partial charge in [0.2, 0.25) is 0 Å². The van der Waals surface area contributed by atoms with E-state index in [9.17, 15) is 0 Å². The summed E-state index contributed by atoms with van der Waals surface area (Å²) in [5.41, 5.74) is 1.28. The van der Waals surface area contributed by atoms with Gasteiger partial charge in [0.15, 0.2) is 0 Å². The fourth-order valence-electron chi connectivity index (χ4n) is 0.572. The molecule has 0 spiro atoms. The van der Waals surface area contributed by atoms with Crippen molar-refractivity contribution in [1.29, 1.82) is 0 Å². The second-order valence-corrected chi connectivity index (χ2v) is 1.69. The minimum atomic E-state index is 0.919. The van der Waals surface area contributed by atoms with Crippen molar-refractivity contribution in [3.05, 3.63) is 11.8 Å². The molecule has 2 heteroatoms. The zero-order chi connectivity index (χ0) is 7.11. The second kappa shape index (κ2) is 5.63. The molecule has 0 bridgehead atoms. The van der Waals surface area contributed by atoms with Gasteiger partial charge in [-0.3, -0.25) is 5.32 Å². The van der Waals surface area contributed by atoms with E-state index in [0.29, 0.717) is 0 Å². The highest BCUT2D eigenvalue weighted by molar-refractivity contribution is 4.99. The Balaban J connectivity index is 0.000000291. The van der Waals surface area contributed by atoms with E-state index in [4.69, 9.17) is 0 Å². The van der Waals surface area contributed by atoms with Crippen molar-refractivity contribution in [3.63, 3.8) is 0 Å². The Morgan fingerprint density at radius 3 is 2.33 bits per heavy atom. The minimum Gasteiger partial charge on any atom is -0.376 e. The van der Waals surface area contributed by atoms with E-state index >= 15 is 0 Å². The van der Waals surface area contributed by atoms with Crippen molar-refractivity contribution < 1.29 is 0 Å². The van der Waals surface area contributed by atoms with Crippen LogP contribution in [0.15, 0.2) is 11.8 Å². The number of nitrogens with one attached hydrogen (secondary N) is 2. The van der Waals surface area contributed by atoms with Crippen LogP contribution in [0.4, 0.5) is 0 Å². The van der Waals surface area contributed by atoms with E-state index in [1.165, 1.54) is 5.70 Å². The Labute approximate surface area is 57.3 Å². The lowest BCUT2D eigenvalue weighted by Gasteiger charge is -2.11. The first kappa shape index (κ1) is 8.50. The first-order valence-electron chi connectivity index (χ1n) is 3.51. The van der Waals surface area contributed by atoms with Crippen LogP contribution in [0.1, 0.15) is 20.8 Å². The van der Waals surface area contributed by atoms with Crippen molar-refractivity contribution in [1.82, 2.24) is 10.6 Å². The molecule has 0 aliphatic carbocycles. The molecule has 0 saturated carbocycles. The average molecular weight is 128 g/mol. The summed E-state index contributed by atoms with van der Waals surface area (Å²) in [6, 6.07) is 0. The highest BCUT2D eigenvalue weighted by Crippen LogP contribution is 1.85. The first-order chi connectivity index (χ1) is 4.39. The fourth-order valence-corrected chi connectivity index (χ4v) is 0.572. The lowest BCUT2D eigenvalue weighted by molar-refractivity contribution is 0.639. The molecule has 0 radical (unpaired) electrons. The second-order valence-electron chi connectivity index (χ2n) is 1.69. The largest absolute Gasteiger partial charge is 0.376 e. The summed E-state index contributed by atoms with van der Waals surface area (Å²) in [7, 11) is 0. The quantitative estimate of drug-likeness (QED) is 0.510. The highest BCUT2D eigenvalue weighted by atomic mass is 15.1. The summed E-state index contributed by atoms with van der Waals surface area (Å²) in [6.07, 6.45) is 2.13. The monoisotopic (exact) mass is 128 g/mol. The van der Waals surface area contributed by atoms with Crippen LogP contribution >= 0.6 is 0 Å². The maximum atomic E-state index is 3.13. The first-order valence-corrected chi connectivity index (χ1v) is 3.51. The number of allylic oxidation sites excluding steroid dienone is 1. The molecule has 1 aliphatic heterocycles. The van der Waals surface area contributed by atoms with Crippen molar-refractivity contribution >= 4 is 0 Å². The van der Waals surface area contributed by atoms with Gasteiger partial charge >= 0.3 is 0 Å². The topological polar surface area (TPSA) is 24.1 Å². The van der Waals surface area contributed by atoms with Gasteiger partial charge in [0.05, 0.1) is 6.67 Å². The van der Waals surface area contributed by atoms with Crippen LogP contribution < -0.4 is 10.6 Å². The molecule has 54 valence electrons. The number of hydrogen-bond donors (Lipinski definition) is 2. The third kappa shape index (κ3) is 4.03. The zero-order valence-corrected chi connectivity index (χ0v) is 6.49. The molecule has 0 atom stereocenters. The van der Waals surface area contributed by atoms with Crippen LogP contribution in [0, 0.1) is 0 Å². The molecule has 9 heavy (non-hydrogen) atoms. The summed E-state index contributed by atoms with van der Waals surface area (Å²) in [5, 5.41) is 6.26. The standard InChI is InChI=1S/C5H10N2.C2H6/c1-5-2-3-6-4-7-5;1-2/h2,6-7H,3-4H2,1H3;1-2H3. The molecule has 1 aliphatic rings. The van der Waals surface area contributed by atoms with Crippen molar-refractivity contribution in [3.8, 4) is 0 Å². The van der Waals surface area contributed by atoms with Gasteiger partial charge in [0.25, 0.3) is 0 Å². The van der Waals surface area contributed by atoms with Crippen LogP contribution in [-0.4, -0.2) is 13.2 Å². The Hall–Kier alpha value is -0.500. The minimum absolute atomic E-state index is 0.919. The van der Waals surface area contributed by atoms with Gasteiger partial charge in [-0.2, -0.15) is 0 Å². The van der Waals surface area contributed by atoms with Gasteiger partial charge in [0, 0.05) is 12.2 Å². The van der Waals surface area contributed by atoms with Gasteiger partial charge in [-0.15, -0.1) is 0 Å². The lowest BCUT2D eigenvalue weighted by Crippen LogP contribution is -2.32. The molecule has 1 heterocycles. The van der Waals surface area contributed by atoms with Crippen molar-refractivity contribution in [2.75, 3.05) is 13.2 Å². The zero-order valence-electron chi connectivity index (χ0n) is 6.49. The summed E-state index contributed by atoms with van der Waals surface area (Å²) in [4.78, 5) is 0. The molecule has 0 fully saturated rings. The third-order valence-electron chi connectivity index (χ3n) is 1.04. The maximum absolute atomic E-state index is 3.13. The number of rotatable bonds is 0. The van der Waals surface area contributed by atoms with Crippen LogP contribution in [-0.2, 0) is 0 Å². The van der Waals surface area contributed by atoms with Crippen LogP contribution in [0.25, 0.3) is 0 Å². The Morgan fingerprint density at radius 2 is 2.11 bits per heavy atom. The average Bonchev–Trinajstić information content (AvgIpc) is 1.94. The predicted octanol–water partition coefficient (Wildman–Crippen LogP) is 1.07. The van der Waals surface area contributed by atoms with E-state index in [0.717, 1.165) is 13.2 Å². The van der Waals surface area contributed by atoms with Gasteiger partial charge in [-0.1, -0.05) is 19.9 Å². The summed E-state index contributed by atoms with van der Waals surface area (Å²) >= 11 is 0. The van der Waals surface area contributed by atoms with E-state index < -0.39 is 0 Å². The summed E-state index contributed by atoms with van der Waals surface area (Å²) < 4.78 is 0. The Morgan fingerprint density at radius 1 is 1.44 bits per heavy atom. The van der Waals surface area contributed by atoms with E-state index in [-0.39, 0.29) is 0 Å². The normalized spacial score (nSPS) is 16.6. The van der Waals surface area contributed by atoms with E-state index in [1.54, 1.807) is 0 Å². The molecule has 0 unspecified atom stereocenters. The Kier molecular flexibility index (Phi) is 5.32. The molecule has 0 aromatic carbocycles. The third-order valence-corrected chi connectivity index (χ3v) is 1.04. The SMILES string of the molecule is CC.CC1=CCNCN1. The molecule has 1 rings (SSSR count). The van der Waals surface area contributed by atoms with Crippen LogP contribution in [0.5, 0.6) is 0 Å². The molecule has 0 amide bonds. The van der Waals surface area contributed by atoms with Gasteiger partial charge in [-0.25, -0.2) is 0 Å². The molecular formula is C7H16N2. The lowest BCUT2D eigenvalue weighted by atomic mass is 10.4. The molecule has 0 saturated heterocycles. The highest BCUT2D eigenvalue weighted by Gasteiger charge is 1.90. The predicted molar refractivity (Wildman–Crippen MR) is 41.1 cm³/mol. The molecule has 2 N–H and O–H groups in total. The van der Waals surface area contributed by atoms with E-state index in [2.05, 4.69) is 23.6 Å². The molecule has 0 aromatic rings. The van der Waals surface area contributed by atoms with Crippen molar-refractivity contribution in [2.24, 2.45) is 0 Å². The van der Waals surface area contributed by atoms with Crippen LogP contribution in [0.3, 0.4) is 0 Å². The molecule has 0 aromatic heterocycles. The fraction of sp³-hybridized carbons (Fsp3) is 0.714. The summed E-state index contributed by atoms with van der Waals surface area (Å²) in [5.74, 6) is 0. The van der Waals surface area contributed by atoms with Gasteiger partial charge < -0.3 is 5.32 Å². The Bertz CT molecular complexity index is 86.9. The van der Waals surface area contributed by atoms with Gasteiger partial charge in [-0.05, 0) is 6.92 Å².